The van der Waals surface area contributed by atoms with Crippen LogP contribution in [0.15, 0.2) is 4.99 Å². The maximum absolute atomic E-state index is 12.3. The number of rotatable bonds is 7. The Labute approximate surface area is 175 Å². The Bertz CT molecular complexity index is 529. The summed E-state index contributed by atoms with van der Waals surface area (Å²) in [5, 5.41) is 6.75. The minimum absolute atomic E-state index is 0.166. The van der Waals surface area contributed by atoms with Gasteiger partial charge < -0.3 is 29.7 Å². The van der Waals surface area contributed by atoms with Gasteiger partial charge in [0.15, 0.2) is 5.96 Å². The van der Waals surface area contributed by atoms with Gasteiger partial charge in [0.2, 0.25) is 0 Å². The van der Waals surface area contributed by atoms with E-state index < -0.39 is 5.60 Å². The quantitative estimate of drug-likeness (QED) is 0.493. The number of piperidine rings is 1. The Morgan fingerprint density at radius 3 is 2.79 bits per heavy atom. The second-order valence-electron chi connectivity index (χ2n) is 9.09. The number of aliphatic imine (C=N–C) groups is 1. The summed E-state index contributed by atoms with van der Waals surface area (Å²) in [6.07, 6.45) is 4.14. The minimum Gasteiger partial charge on any atom is -0.444 e. The van der Waals surface area contributed by atoms with Crippen LogP contribution in [0.3, 0.4) is 0 Å². The summed E-state index contributed by atoms with van der Waals surface area (Å²) in [5.74, 6) is 1.26. The summed E-state index contributed by atoms with van der Waals surface area (Å²) >= 11 is 0. The second-order valence-corrected chi connectivity index (χ2v) is 9.09. The normalized spacial score (nSPS) is 24.3. The Hall–Kier alpha value is -1.54. The lowest BCUT2D eigenvalue weighted by molar-refractivity contribution is 0.0162. The van der Waals surface area contributed by atoms with Crippen molar-refractivity contribution in [2.75, 3.05) is 46.5 Å². The summed E-state index contributed by atoms with van der Waals surface area (Å²) in [7, 11) is 1.78. The Balaban J connectivity index is 1.65. The van der Waals surface area contributed by atoms with Gasteiger partial charge in [0, 0.05) is 39.3 Å². The van der Waals surface area contributed by atoms with E-state index in [0.717, 1.165) is 57.9 Å². The molecule has 2 aliphatic rings. The van der Waals surface area contributed by atoms with Crippen LogP contribution in [0.1, 0.15) is 53.4 Å². The van der Waals surface area contributed by atoms with E-state index in [1.54, 1.807) is 7.05 Å². The first-order valence-corrected chi connectivity index (χ1v) is 10.9. The number of guanidine groups is 1. The number of nitrogens with one attached hydrogen (secondary N) is 2. The highest BCUT2D eigenvalue weighted by Gasteiger charge is 2.27. The molecule has 2 aliphatic heterocycles. The van der Waals surface area contributed by atoms with Gasteiger partial charge in [-0.1, -0.05) is 0 Å². The highest BCUT2D eigenvalue weighted by molar-refractivity contribution is 5.79. The molecule has 2 rings (SSSR count). The van der Waals surface area contributed by atoms with Gasteiger partial charge in [-0.25, -0.2) is 4.79 Å². The average molecular weight is 413 g/mol. The molecule has 8 nitrogen and oxygen atoms in total. The van der Waals surface area contributed by atoms with Crippen molar-refractivity contribution < 1.29 is 19.0 Å². The molecule has 1 amide bonds. The van der Waals surface area contributed by atoms with E-state index in [1.807, 2.05) is 25.7 Å². The molecule has 2 fully saturated rings. The molecular formula is C21H40N4O4. The van der Waals surface area contributed by atoms with Crippen molar-refractivity contribution in [1.82, 2.24) is 15.5 Å². The molecule has 29 heavy (non-hydrogen) atoms. The van der Waals surface area contributed by atoms with Crippen LogP contribution in [-0.4, -0.2) is 81.2 Å². The first-order chi connectivity index (χ1) is 13.8. The largest absolute Gasteiger partial charge is 0.444 e. The second kappa shape index (κ2) is 11.6. The maximum atomic E-state index is 12.3. The van der Waals surface area contributed by atoms with Crippen LogP contribution in [0, 0.1) is 5.92 Å². The zero-order valence-corrected chi connectivity index (χ0v) is 18.8. The van der Waals surface area contributed by atoms with Crippen LogP contribution in [0.2, 0.25) is 0 Å². The molecular weight excluding hydrogens is 372 g/mol. The SMILES string of the molecule is CN=C(NCCC1CCCN(C(=O)OC(C)(C)C)C1)NC(C)COC1CCOC1. The monoisotopic (exact) mass is 412 g/mol. The molecule has 168 valence electrons. The summed E-state index contributed by atoms with van der Waals surface area (Å²) in [5.41, 5.74) is -0.449. The molecule has 3 unspecified atom stereocenters. The molecule has 0 aromatic rings. The summed E-state index contributed by atoms with van der Waals surface area (Å²) in [6.45, 7) is 12.3. The van der Waals surface area contributed by atoms with E-state index in [9.17, 15) is 4.79 Å². The number of nitrogens with zero attached hydrogens (tertiary/aromatic N) is 2. The van der Waals surface area contributed by atoms with Crippen LogP contribution in [0.5, 0.6) is 0 Å². The molecule has 0 aliphatic carbocycles. The Morgan fingerprint density at radius 1 is 1.34 bits per heavy atom. The van der Waals surface area contributed by atoms with E-state index in [1.165, 1.54) is 0 Å². The van der Waals surface area contributed by atoms with Crippen LogP contribution in [0.25, 0.3) is 0 Å². The standard InChI is InChI=1S/C21H40N4O4/c1-16(14-28-18-9-12-27-15-18)24-19(22-5)23-10-8-17-7-6-11-25(13-17)20(26)29-21(2,3)4/h16-18H,6-15H2,1-5H3,(H2,22,23,24). The number of hydrogen-bond donors (Lipinski definition) is 2. The molecule has 0 aromatic carbocycles. The lowest BCUT2D eigenvalue weighted by Crippen LogP contribution is -2.46. The Morgan fingerprint density at radius 2 is 2.14 bits per heavy atom. The predicted octanol–water partition coefficient (Wildman–Crippen LogP) is 2.38. The molecule has 2 saturated heterocycles. The van der Waals surface area contributed by atoms with Gasteiger partial charge in [0.05, 0.1) is 19.3 Å². The van der Waals surface area contributed by atoms with Gasteiger partial charge in [-0.2, -0.15) is 0 Å². The van der Waals surface area contributed by atoms with Gasteiger partial charge in [-0.3, -0.25) is 4.99 Å². The van der Waals surface area contributed by atoms with Gasteiger partial charge in [0.1, 0.15) is 5.60 Å². The summed E-state index contributed by atoms with van der Waals surface area (Å²) < 4.78 is 16.7. The van der Waals surface area contributed by atoms with Crippen molar-refractivity contribution >= 4 is 12.1 Å². The third-order valence-corrected chi connectivity index (χ3v) is 5.09. The number of ether oxygens (including phenoxy) is 3. The molecule has 0 spiro atoms. The fraction of sp³-hybridized carbons (Fsp3) is 0.905. The fourth-order valence-corrected chi connectivity index (χ4v) is 3.58. The highest BCUT2D eigenvalue weighted by atomic mass is 16.6. The number of carbonyl (C=O) groups excluding carboxylic acids is 1. The third kappa shape index (κ3) is 9.21. The summed E-state index contributed by atoms with van der Waals surface area (Å²) in [6, 6.07) is 0.166. The van der Waals surface area contributed by atoms with Gasteiger partial charge in [-0.05, 0) is 59.3 Å². The maximum Gasteiger partial charge on any atom is 0.410 e. The average Bonchev–Trinajstić information content (AvgIpc) is 3.18. The highest BCUT2D eigenvalue weighted by Crippen LogP contribution is 2.21. The van der Waals surface area contributed by atoms with Crippen molar-refractivity contribution in [3.05, 3.63) is 0 Å². The predicted molar refractivity (Wildman–Crippen MR) is 114 cm³/mol. The van der Waals surface area contributed by atoms with Gasteiger partial charge >= 0.3 is 6.09 Å². The van der Waals surface area contributed by atoms with E-state index in [0.29, 0.717) is 19.1 Å². The van der Waals surface area contributed by atoms with E-state index in [-0.39, 0.29) is 18.2 Å². The molecule has 8 heteroatoms. The van der Waals surface area contributed by atoms with Crippen molar-refractivity contribution in [2.45, 2.75) is 71.1 Å². The lowest BCUT2D eigenvalue weighted by Gasteiger charge is -2.34. The lowest BCUT2D eigenvalue weighted by atomic mass is 9.95. The van der Waals surface area contributed by atoms with Crippen molar-refractivity contribution in [3.63, 3.8) is 0 Å². The van der Waals surface area contributed by atoms with Crippen LogP contribution >= 0.6 is 0 Å². The van der Waals surface area contributed by atoms with Crippen molar-refractivity contribution in [3.8, 4) is 0 Å². The van der Waals surface area contributed by atoms with Crippen molar-refractivity contribution in [1.29, 1.82) is 0 Å². The molecule has 0 radical (unpaired) electrons. The molecule has 0 bridgehead atoms. The smallest absolute Gasteiger partial charge is 0.410 e. The van der Waals surface area contributed by atoms with Crippen LogP contribution in [-0.2, 0) is 14.2 Å². The van der Waals surface area contributed by atoms with Crippen molar-refractivity contribution in [2.24, 2.45) is 10.9 Å². The van der Waals surface area contributed by atoms with E-state index in [2.05, 4.69) is 22.5 Å². The third-order valence-electron chi connectivity index (χ3n) is 5.09. The molecule has 2 N–H and O–H groups in total. The van der Waals surface area contributed by atoms with Crippen LogP contribution in [0.4, 0.5) is 4.79 Å². The van der Waals surface area contributed by atoms with E-state index in [4.69, 9.17) is 14.2 Å². The first kappa shape index (κ1) is 23.7. The van der Waals surface area contributed by atoms with Gasteiger partial charge in [-0.15, -0.1) is 0 Å². The number of likely N-dealkylation sites (tertiary alicyclic amines) is 1. The number of hydrogen-bond acceptors (Lipinski definition) is 5. The molecule has 3 atom stereocenters. The van der Waals surface area contributed by atoms with E-state index >= 15 is 0 Å². The number of amides is 1. The minimum atomic E-state index is -0.449. The molecule has 0 aromatic heterocycles. The molecule has 2 heterocycles. The van der Waals surface area contributed by atoms with Gasteiger partial charge in [0.25, 0.3) is 0 Å². The topological polar surface area (TPSA) is 84.4 Å². The first-order valence-electron chi connectivity index (χ1n) is 10.9. The fourth-order valence-electron chi connectivity index (χ4n) is 3.58. The Kier molecular flexibility index (Phi) is 9.49. The zero-order valence-electron chi connectivity index (χ0n) is 18.8. The summed E-state index contributed by atoms with van der Waals surface area (Å²) in [4.78, 5) is 18.5. The number of carbonyl (C=O) groups is 1. The van der Waals surface area contributed by atoms with Crippen LogP contribution < -0.4 is 10.6 Å². The molecule has 0 saturated carbocycles. The zero-order chi connectivity index (χ0) is 21.3.